The number of hydrogen-bond acceptors (Lipinski definition) is 4. The van der Waals surface area contributed by atoms with Gasteiger partial charge in [-0.2, -0.15) is 0 Å². The highest BCUT2D eigenvalue weighted by atomic mass is 16.5. The van der Waals surface area contributed by atoms with Crippen LogP contribution < -0.4 is 15.4 Å². The van der Waals surface area contributed by atoms with Crippen molar-refractivity contribution in [1.82, 2.24) is 5.32 Å². The SMILES string of the molecule is COCCCNCC(=O)Nc1cccc(OCC(C)C)c1. The molecule has 5 nitrogen and oxygen atoms in total. The summed E-state index contributed by atoms with van der Waals surface area (Å²) in [4.78, 5) is 11.8. The van der Waals surface area contributed by atoms with E-state index in [0.717, 1.165) is 24.4 Å². The normalized spacial score (nSPS) is 10.7. The summed E-state index contributed by atoms with van der Waals surface area (Å²) < 4.78 is 10.6. The summed E-state index contributed by atoms with van der Waals surface area (Å²) in [6, 6.07) is 7.45. The highest BCUT2D eigenvalue weighted by molar-refractivity contribution is 5.92. The van der Waals surface area contributed by atoms with Gasteiger partial charge in [-0.3, -0.25) is 4.79 Å². The standard InChI is InChI=1S/C16H26N2O3/c1-13(2)12-21-15-7-4-6-14(10-15)18-16(19)11-17-8-5-9-20-3/h4,6-7,10,13,17H,5,8-9,11-12H2,1-3H3,(H,18,19). The minimum absolute atomic E-state index is 0.0616. The zero-order chi connectivity index (χ0) is 15.5. The summed E-state index contributed by atoms with van der Waals surface area (Å²) in [5.41, 5.74) is 0.750. The maximum Gasteiger partial charge on any atom is 0.238 e. The van der Waals surface area contributed by atoms with Gasteiger partial charge in [-0.15, -0.1) is 0 Å². The smallest absolute Gasteiger partial charge is 0.238 e. The van der Waals surface area contributed by atoms with Crippen LogP contribution in [-0.4, -0.2) is 39.3 Å². The van der Waals surface area contributed by atoms with E-state index in [4.69, 9.17) is 9.47 Å². The second-order valence-corrected chi connectivity index (χ2v) is 5.30. The second-order valence-electron chi connectivity index (χ2n) is 5.30. The van der Waals surface area contributed by atoms with E-state index < -0.39 is 0 Å². The van der Waals surface area contributed by atoms with Crippen LogP contribution in [-0.2, 0) is 9.53 Å². The molecule has 0 aromatic heterocycles. The molecule has 1 aromatic carbocycles. The number of nitrogens with one attached hydrogen (secondary N) is 2. The lowest BCUT2D eigenvalue weighted by Crippen LogP contribution is -2.29. The first-order chi connectivity index (χ1) is 10.1. The lowest BCUT2D eigenvalue weighted by Gasteiger charge is -2.11. The van der Waals surface area contributed by atoms with Crippen molar-refractivity contribution in [3.05, 3.63) is 24.3 Å². The molecule has 0 aliphatic rings. The fourth-order valence-electron chi connectivity index (χ4n) is 1.68. The molecule has 2 N–H and O–H groups in total. The number of amides is 1. The quantitative estimate of drug-likeness (QED) is 0.650. The summed E-state index contributed by atoms with van der Waals surface area (Å²) in [5, 5.41) is 5.92. The molecule has 1 rings (SSSR count). The van der Waals surface area contributed by atoms with Crippen LogP contribution in [0.25, 0.3) is 0 Å². The van der Waals surface area contributed by atoms with Crippen molar-refractivity contribution in [1.29, 1.82) is 0 Å². The topological polar surface area (TPSA) is 59.6 Å². The van der Waals surface area contributed by atoms with Crippen molar-refractivity contribution in [2.24, 2.45) is 5.92 Å². The summed E-state index contributed by atoms with van der Waals surface area (Å²) in [6.45, 7) is 6.61. The number of benzene rings is 1. The zero-order valence-electron chi connectivity index (χ0n) is 13.1. The van der Waals surface area contributed by atoms with Crippen LogP contribution in [0, 0.1) is 5.92 Å². The molecular weight excluding hydrogens is 268 g/mol. The Bertz CT molecular complexity index is 422. The third-order valence-electron chi connectivity index (χ3n) is 2.69. The van der Waals surface area contributed by atoms with E-state index in [-0.39, 0.29) is 5.91 Å². The first kappa shape index (κ1) is 17.5. The van der Waals surface area contributed by atoms with E-state index in [2.05, 4.69) is 24.5 Å². The Morgan fingerprint density at radius 2 is 2.14 bits per heavy atom. The van der Waals surface area contributed by atoms with Gasteiger partial charge in [-0.25, -0.2) is 0 Å². The number of carbonyl (C=O) groups excluding carboxylic acids is 1. The molecule has 1 aromatic rings. The van der Waals surface area contributed by atoms with Gasteiger partial charge in [0, 0.05) is 25.5 Å². The maximum absolute atomic E-state index is 11.8. The summed E-state index contributed by atoms with van der Waals surface area (Å²) in [7, 11) is 1.67. The third-order valence-corrected chi connectivity index (χ3v) is 2.69. The molecule has 0 fully saturated rings. The van der Waals surface area contributed by atoms with Crippen LogP contribution in [0.5, 0.6) is 5.75 Å². The lowest BCUT2D eigenvalue weighted by molar-refractivity contribution is -0.115. The Morgan fingerprint density at radius 1 is 1.33 bits per heavy atom. The van der Waals surface area contributed by atoms with Gasteiger partial charge >= 0.3 is 0 Å². The van der Waals surface area contributed by atoms with Gasteiger partial charge in [0.2, 0.25) is 5.91 Å². The Labute approximate surface area is 127 Å². The van der Waals surface area contributed by atoms with Crippen molar-refractivity contribution < 1.29 is 14.3 Å². The molecule has 0 aliphatic heterocycles. The first-order valence-corrected chi connectivity index (χ1v) is 7.34. The summed E-state index contributed by atoms with van der Waals surface area (Å²) in [5.74, 6) is 1.18. The number of hydrogen-bond donors (Lipinski definition) is 2. The van der Waals surface area contributed by atoms with E-state index in [0.29, 0.717) is 25.7 Å². The molecule has 1 amide bonds. The van der Waals surface area contributed by atoms with Crippen molar-refractivity contribution in [2.45, 2.75) is 20.3 Å². The van der Waals surface area contributed by atoms with Crippen LogP contribution in [0.15, 0.2) is 24.3 Å². The highest BCUT2D eigenvalue weighted by Gasteiger charge is 2.03. The number of anilines is 1. The Kier molecular flexibility index (Phi) is 8.47. The summed E-state index contributed by atoms with van der Waals surface area (Å²) >= 11 is 0. The van der Waals surface area contributed by atoms with Crippen molar-refractivity contribution in [2.75, 3.05) is 38.7 Å². The van der Waals surface area contributed by atoms with E-state index in [9.17, 15) is 4.79 Å². The van der Waals surface area contributed by atoms with Crippen LogP contribution in [0.4, 0.5) is 5.69 Å². The molecule has 0 saturated carbocycles. The van der Waals surface area contributed by atoms with Gasteiger partial charge in [0.25, 0.3) is 0 Å². The predicted molar refractivity (Wildman–Crippen MR) is 84.8 cm³/mol. The van der Waals surface area contributed by atoms with Crippen molar-refractivity contribution in [3.63, 3.8) is 0 Å². The maximum atomic E-state index is 11.8. The molecule has 0 spiro atoms. The number of rotatable bonds is 10. The Morgan fingerprint density at radius 3 is 2.86 bits per heavy atom. The molecule has 0 saturated heterocycles. The third kappa shape index (κ3) is 8.32. The van der Waals surface area contributed by atoms with Crippen LogP contribution in [0.1, 0.15) is 20.3 Å². The molecule has 0 radical (unpaired) electrons. The van der Waals surface area contributed by atoms with Gasteiger partial charge in [0.1, 0.15) is 5.75 Å². The minimum Gasteiger partial charge on any atom is -0.493 e. The minimum atomic E-state index is -0.0616. The van der Waals surface area contributed by atoms with Crippen LogP contribution in [0.2, 0.25) is 0 Å². The van der Waals surface area contributed by atoms with Crippen molar-refractivity contribution in [3.8, 4) is 5.75 Å². The Balaban J connectivity index is 2.33. The van der Waals surface area contributed by atoms with Gasteiger partial charge in [0.05, 0.1) is 13.2 Å². The second kappa shape index (κ2) is 10.2. The monoisotopic (exact) mass is 294 g/mol. The fourth-order valence-corrected chi connectivity index (χ4v) is 1.68. The molecule has 118 valence electrons. The molecule has 0 unspecified atom stereocenters. The molecule has 21 heavy (non-hydrogen) atoms. The lowest BCUT2D eigenvalue weighted by atomic mass is 10.2. The van der Waals surface area contributed by atoms with Crippen LogP contribution in [0.3, 0.4) is 0 Å². The van der Waals surface area contributed by atoms with Gasteiger partial charge in [-0.05, 0) is 31.0 Å². The van der Waals surface area contributed by atoms with Gasteiger partial charge < -0.3 is 20.1 Å². The molecule has 0 heterocycles. The van der Waals surface area contributed by atoms with Crippen molar-refractivity contribution >= 4 is 11.6 Å². The molecular formula is C16H26N2O3. The average Bonchev–Trinajstić information content (AvgIpc) is 2.45. The highest BCUT2D eigenvalue weighted by Crippen LogP contribution is 2.17. The average molecular weight is 294 g/mol. The zero-order valence-corrected chi connectivity index (χ0v) is 13.1. The largest absolute Gasteiger partial charge is 0.493 e. The first-order valence-electron chi connectivity index (χ1n) is 7.34. The number of ether oxygens (including phenoxy) is 2. The van der Waals surface area contributed by atoms with E-state index in [1.165, 1.54) is 0 Å². The predicted octanol–water partition coefficient (Wildman–Crippen LogP) is 2.29. The van der Waals surface area contributed by atoms with Gasteiger partial charge in [0.15, 0.2) is 0 Å². The molecule has 0 atom stereocenters. The number of carbonyl (C=O) groups is 1. The van der Waals surface area contributed by atoms with E-state index >= 15 is 0 Å². The Hall–Kier alpha value is -1.59. The van der Waals surface area contributed by atoms with Gasteiger partial charge in [-0.1, -0.05) is 19.9 Å². The molecule has 0 bridgehead atoms. The fraction of sp³-hybridized carbons (Fsp3) is 0.562. The van der Waals surface area contributed by atoms with Crippen LogP contribution >= 0.6 is 0 Å². The molecule has 0 aliphatic carbocycles. The number of methoxy groups -OCH3 is 1. The van der Waals surface area contributed by atoms with E-state index in [1.54, 1.807) is 7.11 Å². The van der Waals surface area contributed by atoms with E-state index in [1.807, 2.05) is 24.3 Å². The summed E-state index contributed by atoms with van der Waals surface area (Å²) in [6.07, 6.45) is 0.891. The molecule has 5 heteroatoms.